The van der Waals surface area contributed by atoms with Crippen LogP contribution in [0.15, 0.2) is 0 Å². The molecule has 1 N–H and O–H groups in total. The molecular formula is C15H32N2. The average molecular weight is 240 g/mol. The van der Waals surface area contributed by atoms with Gasteiger partial charge in [-0.1, -0.05) is 27.7 Å². The van der Waals surface area contributed by atoms with Gasteiger partial charge in [0.25, 0.3) is 0 Å². The molecule has 4 atom stereocenters. The van der Waals surface area contributed by atoms with E-state index >= 15 is 0 Å². The third kappa shape index (κ3) is 4.59. The van der Waals surface area contributed by atoms with E-state index in [4.69, 9.17) is 0 Å². The predicted octanol–water partition coefficient (Wildman–Crippen LogP) is 2.99. The molecule has 0 aliphatic carbocycles. The average Bonchev–Trinajstić information content (AvgIpc) is 2.56. The fraction of sp³-hybridized carbons (Fsp3) is 1.00. The molecule has 17 heavy (non-hydrogen) atoms. The Labute approximate surface area is 108 Å². The first kappa shape index (κ1) is 15.0. The molecule has 1 heterocycles. The van der Waals surface area contributed by atoms with Crippen molar-refractivity contribution in [3.8, 4) is 0 Å². The van der Waals surface area contributed by atoms with Gasteiger partial charge in [-0.25, -0.2) is 0 Å². The number of nitrogens with one attached hydrogen (secondary N) is 1. The van der Waals surface area contributed by atoms with Gasteiger partial charge in [-0.05, 0) is 51.1 Å². The maximum Gasteiger partial charge on any atom is 0.0108 e. The van der Waals surface area contributed by atoms with E-state index in [1.165, 1.54) is 13.0 Å². The van der Waals surface area contributed by atoms with E-state index in [9.17, 15) is 0 Å². The first-order valence-corrected chi connectivity index (χ1v) is 7.38. The van der Waals surface area contributed by atoms with E-state index in [1.807, 2.05) is 0 Å². The molecule has 2 heteroatoms. The van der Waals surface area contributed by atoms with Crippen LogP contribution in [-0.4, -0.2) is 36.6 Å². The van der Waals surface area contributed by atoms with Gasteiger partial charge < -0.3 is 5.32 Å². The van der Waals surface area contributed by atoms with E-state index in [1.54, 1.807) is 0 Å². The smallest absolute Gasteiger partial charge is 0.0108 e. The highest BCUT2D eigenvalue weighted by molar-refractivity contribution is 4.86. The summed E-state index contributed by atoms with van der Waals surface area (Å²) in [6.45, 7) is 17.7. The van der Waals surface area contributed by atoms with Gasteiger partial charge in [0.15, 0.2) is 0 Å². The Bertz CT molecular complexity index is 215. The Morgan fingerprint density at radius 3 is 2.24 bits per heavy atom. The maximum atomic E-state index is 3.59. The van der Waals surface area contributed by atoms with E-state index in [2.05, 4.69) is 51.8 Å². The second kappa shape index (κ2) is 6.75. The van der Waals surface area contributed by atoms with Gasteiger partial charge >= 0.3 is 0 Å². The zero-order valence-corrected chi connectivity index (χ0v) is 12.7. The predicted molar refractivity (Wildman–Crippen MR) is 76.3 cm³/mol. The van der Waals surface area contributed by atoms with E-state index < -0.39 is 0 Å². The molecule has 0 spiro atoms. The minimum atomic E-state index is 0.703. The maximum absolute atomic E-state index is 3.59. The molecule has 1 rings (SSSR count). The van der Waals surface area contributed by atoms with Crippen molar-refractivity contribution in [2.45, 2.75) is 60.0 Å². The van der Waals surface area contributed by atoms with Crippen molar-refractivity contribution in [2.75, 3.05) is 19.6 Å². The van der Waals surface area contributed by atoms with Gasteiger partial charge in [0.2, 0.25) is 0 Å². The lowest BCUT2D eigenvalue weighted by atomic mass is 10.0. The molecule has 1 fully saturated rings. The third-order valence-electron chi connectivity index (χ3n) is 4.20. The standard InChI is InChI=1S/C15H32N2/c1-11(2)8-16-9-13(4)15(6)17-10-12(3)7-14(17)5/h11-16H,7-10H2,1-6H3. The Kier molecular flexibility index (Phi) is 5.94. The zero-order valence-electron chi connectivity index (χ0n) is 12.7. The monoisotopic (exact) mass is 240 g/mol. The fourth-order valence-corrected chi connectivity index (χ4v) is 3.00. The molecule has 102 valence electrons. The van der Waals surface area contributed by atoms with Crippen LogP contribution in [0.5, 0.6) is 0 Å². The number of likely N-dealkylation sites (tertiary alicyclic amines) is 1. The van der Waals surface area contributed by atoms with Crippen LogP contribution in [0.2, 0.25) is 0 Å². The molecule has 0 aromatic heterocycles. The Morgan fingerprint density at radius 2 is 1.76 bits per heavy atom. The molecule has 1 aliphatic heterocycles. The van der Waals surface area contributed by atoms with Crippen LogP contribution < -0.4 is 5.32 Å². The quantitative estimate of drug-likeness (QED) is 0.768. The van der Waals surface area contributed by atoms with Crippen LogP contribution in [-0.2, 0) is 0 Å². The van der Waals surface area contributed by atoms with Crippen LogP contribution in [0.4, 0.5) is 0 Å². The summed E-state index contributed by atoms with van der Waals surface area (Å²) in [4.78, 5) is 2.70. The highest BCUT2D eigenvalue weighted by Gasteiger charge is 2.31. The molecule has 0 radical (unpaired) electrons. The van der Waals surface area contributed by atoms with E-state index in [-0.39, 0.29) is 0 Å². The number of rotatable bonds is 6. The Balaban J connectivity index is 2.33. The van der Waals surface area contributed by atoms with Gasteiger partial charge in [0, 0.05) is 18.6 Å². The van der Waals surface area contributed by atoms with Crippen molar-refractivity contribution in [1.82, 2.24) is 10.2 Å². The molecule has 1 aliphatic rings. The normalized spacial score (nSPS) is 29.8. The molecule has 1 saturated heterocycles. The molecular weight excluding hydrogens is 208 g/mol. The van der Waals surface area contributed by atoms with E-state index in [0.717, 1.165) is 36.9 Å². The molecule has 0 amide bonds. The fourth-order valence-electron chi connectivity index (χ4n) is 3.00. The Morgan fingerprint density at radius 1 is 1.12 bits per heavy atom. The number of nitrogens with zero attached hydrogens (tertiary/aromatic N) is 1. The lowest BCUT2D eigenvalue weighted by Gasteiger charge is -2.33. The summed E-state index contributed by atoms with van der Waals surface area (Å²) in [5.41, 5.74) is 0. The molecule has 0 aromatic carbocycles. The highest BCUT2D eigenvalue weighted by Crippen LogP contribution is 2.26. The van der Waals surface area contributed by atoms with Gasteiger partial charge in [0.1, 0.15) is 0 Å². The van der Waals surface area contributed by atoms with Crippen molar-refractivity contribution < 1.29 is 0 Å². The number of hydrogen-bond acceptors (Lipinski definition) is 2. The van der Waals surface area contributed by atoms with Crippen molar-refractivity contribution in [3.05, 3.63) is 0 Å². The summed E-state index contributed by atoms with van der Waals surface area (Å²) in [5.74, 6) is 2.37. The minimum Gasteiger partial charge on any atom is -0.316 e. The lowest BCUT2D eigenvalue weighted by Crippen LogP contribution is -2.43. The summed E-state index contributed by atoms with van der Waals surface area (Å²) in [6.07, 6.45) is 1.37. The van der Waals surface area contributed by atoms with Gasteiger partial charge in [-0.2, -0.15) is 0 Å². The lowest BCUT2D eigenvalue weighted by molar-refractivity contribution is 0.150. The number of hydrogen-bond donors (Lipinski definition) is 1. The zero-order chi connectivity index (χ0) is 13.0. The summed E-state index contributed by atoms with van der Waals surface area (Å²) in [7, 11) is 0. The van der Waals surface area contributed by atoms with Crippen LogP contribution in [0.25, 0.3) is 0 Å². The molecule has 2 nitrogen and oxygen atoms in total. The van der Waals surface area contributed by atoms with Crippen molar-refractivity contribution >= 4 is 0 Å². The topological polar surface area (TPSA) is 15.3 Å². The Hall–Kier alpha value is -0.0800. The highest BCUT2D eigenvalue weighted by atomic mass is 15.2. The first-order chi connectivity index (χ1) is 7.91. The van der Waals surface area contributed by atoms with Gasteiger partial charge in [-0.3, -0.25) is 4.90 Å². The second-order valence-corrected chi connectivity index (χ2v) is 6.66. The summed E-state index contributed by atoms with van der Waals surface area (Å²) in [6, 6.07) is 1.47. The van der Waals surface area contributed by atoms with Crippen LogP contribution >= 0.6 is 0 Å². The summed E-state index contributed by atoms with van der Waals surface area (Å²) < 4.78 is 0. The van der Waals surface area contributed by atoms with Crippen molar-refractivity contribution in [1.29, 1.82) is 0 Å². The van der Waals surface area contributed by atoms with E-state index in [0.29, 0.717) is 6.04 Å². The molecule has 0 bridgehead atoms. The summed E-state index contributed by atoms with van der Waals surface area (Å²) in [5, 5.41) is 3.59. The van der Waals surface area contributed by atoms with Crippen LogP contribution in [0.3, 0.4) is 0 Å². The molecule has 0 saturated carbocycles. The van der Waals surface area contributed by atoms with Crippen LogP contribution in [0, 0.1) is 17.8 Å². The minimum absolute atomic E-state index is 0.703. The third-order valence-corrected chi connectivity index (χ3v) is 4.20. The molecule has 0 aromatic rings. The van der Waals surface area contributed by atoms with Gasteiger partial charge in [0.05, 0.1) is 0 Å². The SMILES string of the molecule is CC(C)CNCC(C)C(C)N1CC(C)CC1C. The second-order valence-electron chi connectivity index (χ2n) is 6.66. The van der Waals surface area contributed by atoms with Crippen molar-refractivity contribution in [2.24, 2.45) is 17.8 Å². The first-order valence-electron chi connectivity index (χ1n) is 7.38. The van der Waals surface area contributed by atoms with Crippen LogP contribution in [0.1, 0.15) is 48.0 Å². The summed E-state index contributed by atoms with van der Waals surface area (Å²) >= 11 is 0. The largest absolute Gasteiger partial charge is 0.316 e. The molecule has 4 unspecified atom stereocenters. The van der Waals surface area contributed by atoms with Gasteiger partial charge in [-0.15, -0.1) is 0 Å². The van der Waals surface area contributed by atoms with Crippen molar-refractivity contribution in [3.63, 3.8) is 0 Å².